The predicted molar refractivity (Wildman–Crippen MR) is 71.5 cm³/mol. The number of aromatic nitrogens is 2. The van der Waals surface area contributed by atoms with Crippen LogP contribution in [0.5, 0.6) is 0 Å². The molecular formula is C12H18BrN3O2. The Labute approximate surface area is 115 Å². The number of halogens is 1. The molecular weight excluding hydrogens is 298 g/mol. The zero-order chi connectivity index (χ0) is 13.3. The van der Waals surface area contributed by atoms with Crippen LogP contribution in [0.4, 0.5) is 0 Å². The van der Waals surface area contributed by atoms with Gasteiger partial charge in [0.2, 0.25) is 0 Å². The Morgan fingerprint density at radius 3 is 2.83 bits per heavy atom. The average Bonchev–Trinajstić information content (AvgIpc) is 2.57. The van der Waals surface area contributed by atoms with Gasteiger partial charge in [-0.3, -0.25) is 9.48 Å². The van der Waals surface area contributed by atoms with Crippen molar-refractivity contribution in [3.63, 3.8) is 0 Å². The van der Waals surface area contributed by atoms with Crippen LogP contribution in [0.2, 0.25) is 0 Å². The summed E-state index contributed by atoms with van der Waals surface area (Å²) in [6.07, 6.45) is 2.13. The van der Waals surface area contributed by atoms with E-state index >= 15 is 0 Å². The van der Waals surface area contributed by atoms with E-state index < -0.39 is 11.4 Å². The lowest BCUT2D eigenvalue weighted by Crippen LogP contribution is -2.47. The lowest BCUT2D eigenvalue weighted by molar-refractivity contribution is -0.150. The molecule has 1 aromatic heterocycles. The normalized spacial score (nSPS) is 24.2. The summed E-state index contributed by atoms with van der Waals surface area (Å²) in [5, 5.41) is 17.1. The minimum absolute atomic E-state index is 0.507. The van der Waals surface area contributed by atoms with Crippen LogP contribution in [0.15, 0.2) is 4.47 Å². The van der Waals surface area contributed by atoms with Gasteiger partial charge in [-0.05, 0) is 42.2 Å². The molecule has 1 unspecified atom stereocenters. The van der Waals surface area contributed by atoms with Crippen molar-refractivity contribution in [1.29, 1.82) is 0 Å². The summed E-state index contributed by atoms with van der Waals surface area (Å²) in [5.41, 5.74) is 1.15. The molecule has 1 saturated heterocycles. The summed E-state index contributed by atoms with van der Waals surface area (Å²) in [5.74, 6) is -0.722. The van der Waals surface area contributed by atoms with Gasteiger partial charge in [-0.1, -0.05) is 0 Å². The molecule has 0 amide bonds. The van der Waals surface area contributed by atoms with Gasteiger partial charge >= 0.3 is 5.97 Å². The smallest absolute Gasteiger partial charge is 0.311 e. The minimum atomic E-state index is -0.722. The Balaban J connectivity index is 2.31. The van der Waals surface area contributed by atoms with Gasteiger partial charge in [0.1, 0.15) is 0 Å². The number of aliphatic carboxylic acids is 1. The molecule has 1 aromatic rings. The summed E-state index contributed by atoms with van der Waals surface area (Å²) in [7, 11) is 1.86. The number of carboxylic acids is 1. The molecule has 1 atom stereocenters. The van der Waals surface area contributed by atoms with Crippen LogP contribution < -0.4 is 5.32 Å². The third kappa shape index (κ3) is 2.31. The summed E-state index contributed by atoms with van der Waals surface area (Å²) in [4.78, 5) is 11.6. The van der Waals surface area contributed by atoms with E-state index in [-0.39, 0.29) is 0 Å². The number of hydrogen-bond acceptors (Lipinski definition) is 3. The van der Waals surface area contributed by atoms with Crippen LogP contribution in [-0.4, -0.2) is 33.9 Å². The van der Waals surface area contributed by atoms with Crippen molar-refractivity contribution < 1.29 is 9.90 Å². The lowest BCUT2D eigenvalue weighted by Gasteiger charge is -2.33. The fourth-order valence-electron chi connectivity index (χ4n) is 2.57. The second-order valence-electron chi connectivity index (χ2n) is 5.01. The molecule has 6 heteroatoms. The van der Waals surface area contributed by atoms with E-state index in [2.05, 4.69) is 26.3 Å². The molecule has 1 aliphatic rings. The van der Waals surface area contributed by atoms with E-state index in [4.69, 9.17) is 0 Å². The van der Waals surface area contributed by atoms with Gasteiger partial charge in [0.25, 0.3) is 0 Å². The first-order valence-corrected chi connectivity index (χ1v) is 6.88. The summed E-state index contributed by atoms with van der Waals surface area (Å²) < 4.78 is 2.70. The number of carbonyl (C=O) groups is 1. The number of nitrogens with zero attached hydrogens (tertiary/aromatic N) is 2. The van der Waals surface area contributed by atoms with Crippen molar-refractivity contribution in [1.82, 2.24) is 15.1 Å². The Hall–Kier alpha value is -0.880. The fraction of sp³-hybridized carbons (Fsp3) is 0.667. The summed E-state index contributed by atoms with van der Waals surface area (Å²) >= 11 is 3.50. The number of aryl methyl sites for hydroxylation is 2. The van der Waals surface area contributed by atoms with E-state index in [1.807, 2.05) is 14.0 Å². The fourth-order valence-corrected chi connectivity index (χ4v) is 3.05. The zero-order valence-electron chi connectivity index (χ0n) is 10.7. The van der Waals surface area contributed by atoms with Gasteiger partial charge in [0.05, 0.1) is 21.3 Å². The number of rotatable bonds is 3. The van der Waals surface area contributed by atoms with Gasteiger partial charge in [-0.15, -0.1) is 0 Å². The van der Waals surface area contributed by atoms with Crippen LogP contribution in [-0.2, 0) is 18.3 Å². The molecule has 18 heavy (non-hydrogen) atoms. The highest BCUT2D eigenvalue weighted by Gasteiger charge is 2.41. The molecule has 2 heterocycles. The largest absolute Gasteiger partial charge is 0.481 e. The highest BCUT2D eigenvalue weighted by atomic mass is 79.9. The number of hydrogen-bond donors (Lipinski definition) is 2. The predicted octanol–water partition coefficient (Wildman–Crippen LogP) is 1.49. The van der Waals surface area contributed by atoms with Crippen LogP contribution >= 0.6 is 15.9 Å². The van der Waals surface area contributed by atoms with Crippen molar-refractivity contribution in [2.75, 3.05) is 13.1 Å². The quantitative estimate of drug-likeness (QED) is 0.887. The first kappa shape index (κ1) is 13.5. The zero-order valence-corrected chi connectivity index (χ0v) is 12.2. The molecule has 0 spiro atoms. The molecule has 2 N–H and O–H groups in total. The monoisotopic (exact) mass is 315 g/mol. The molecule has 0 radical (unpaired) electrons. The van der Waals surface area contributed by atoms with Gasteiger partial charge < -0.3 is 10.4 Å². The Kier molecular flexibility index (Phi) is 3.77. The Morgan fingerprint density at radius 2 is 2.39 bits per heavy atom. The molecule has 100 valence electrons. The van der Waals surface area contributed by atoms with Crippen LogP contribution in [0.1, 0.15) is 24.2 Å². The van der Waals surface area contributed by atoms with Gasteiger partial charge in [0, 0.05) is 20.0 Å². The first-order chi connectivity index (χ1) is 8.46. The van der Waals surface area contributed by atoms with E-state index in [1.54, 1.807) is 4.68 Å². The number of carboxylic acid groups (broad SMARTS) is 1. The molecule has 0 saturated carbocycles. The van der Waals surface area contributed by atoms with Crippen LogP contribution in [0, 0.1) is 12.3 Å². The van der Waals surface area contributed by atoms with Gasteiger partial charge in [0.15, 0.2) is 0 Å². The van der Waals surface area contributed by atoms with Crippen molar-refractivity contribution in [3.8, 4) is 0 Å². The van der Waals surface area contributed by atoms with E-state index in [1.165, 1.54) is 0 Å². The van der Waals surface area contributed by atoms with Crippen molar-refractivity contribution in [2.24, 2.45) is 12.5 Å². The summed E-state index contributed by atoms with van der Waals surface area (Å²) in [6, 6.07) is 0. The minimum Gasteiger partial charge on any atom is -0.481 e. The van der Waals surface area contributed by atoms with Crippen molar-refractivity contribution >= 4 is 21.9 Å². The molecule has 1 fully saturated rings. The highest BCUT2D eigenvalue weighted by Crippen LogP contribution is 2.34. The lowest BCUT2D eigenvalue weighted by atomic mass is 9.77. The number of piperidine rings is 1. The maximum absolute atomic E-state index is 11.6. The third-order valence-corrected chi connectivity index (χ3v) is 4.72. The molecule has 5 nitrogen and oxygen atoms in total. The SMILES string of the molecule is Cc1nn(C)c(CC2(C(=O)O)CCCNC2)c1Br. The molecule has 1 aliphatic heterocycles. The highest BCUT2D eigenvalue weighted by molar-refractivity contribution is 9.10. The van der Waals surface area contributed by atoms with Crippen LogP contribution in [0.3, 0.4) is 0 Å². The topological polar surface area (TPSA) is 67.2 Å². The maximum Gasteiger partial charge on any atom is 0.311 e. The average molecular weight is 316 g/mol. The van der Waals surface area contributed by atoms with Crippen molar-refractivity contribution in [2.45, 2.75) is 26.2 Å². The first-order valence-electron chi connectivity index (χ1n) is 6.08. The molecule has 0 aliphatic carbocycles. The summed E-state index contributed by atoms with van der Waals surface area (Å²) in [6.45, 7) is 3.35. The maximum atomic E-state index is 11.6. The van der Waals surface area contributed by atoms with E-state index in [9.17, 15) is 9.90 Å². The van der Waals surface area contributed by atoms with Crippen molar-refractivity contribution in [3.05, 3.63) is 15.9 Å². The molecule has 2 rings (SSSR count). The Bertz CT molecular complexity index is 464. The second kappa shape index (κ2) is 5.01. The number of nitrogens with one attached hydrogen (secondary N) is 1. The van der Waals surface area contributed by atoms with Gasteiger partial charge in [-0.2, -0.15) is 5.10 Å². The Morgan fingerprint density at radius 1 is 1.67 bits per heavy atom. The van der Waals surface area contributed by atoms with Gasteiger partial charge in [-0.25, -0.2) is 0 Å². The van der Waals surface area contributed by atoms with E-state index in [0.29, 0.717) is 19.4 Å². The standard InChI is InChI=1S/C12H18BrN3O2/c1-8-10(13)9(16(2)15-8)6-12(11(17)18)4-3-5-14-7-12/h14H,3-7H2,1-2H3,(H,17,18). The second-order valence-corrected chi connectivity index (χ2v) is 5.81. The molecule has 0 aromatic carbocycles. The van der Waals surface area contributed by atoms with E-state index in [0.717, 1.165) is 28.8 Å². The van der Waals surface area contributed by atoms with Crippen LogP contribution in [0.25, 0.3) is 0 Å². The molecule has 0 bridgehead atoms. The third-order valence-electron chi connectivity index (χ3n) is 3.69.